The average Bonchev–Trinajstić information content (AvgIpc) is 3.27. The fourth-order valence-corrected chi connectivity index (χ4v) is 4.66. The number of carbonyl (C=O) groups excluding carboxylic acids is 1. The van der Waals surface area contributed by atoms with Gasteiger partial charge < -0.3 is 5.11 Å². The molecule has 1 aliphatic rings. The molecule has 35 heavy (non-hydrogen) atoms. The standard InChI is InChI=1S/C26H21ClN4O4/c1-2-22(32)31-21(19-12-5-8-15-7-3-4-11-18(15)19)14-20(29-31)23-24(33)28-26(35)30(25(23)34)17-10-6-9-16(27)13-17/h3-13,21,34H,2,14H2,1H3,(H,28,33,35)/t21-/m1/s1. The molecule has 0 unspecified atom stereocenters. The molecule has 0 saturated heterocycles. The molecule has 0 spiro atoms. The van der Waals surface area contributed by atoms with Crippen molar-refractivity contribution in [1.29, 1.82) is 0 Å². The molecule has 2 heterocycles. The van der Waals surface area contributed by atoms with E-state index in [1.165, 1.54) is 11.1 Å². The first-order chi connectivity index (χ1) is 16.9. The van der Waals surface area contributed by atoms with Crippen molar-refractivity contribution >= 4 is 34.0 Å². The van der Waals surface area contributed by atoms with Gasteiger partial charge in [-0.25, -0.2) is 14.4 Å². The smallest absolute Gasteiger partial charge is 0.335 e. The topological polar surface area (TPSA) is 108 Å². The van der Waals surface area contributed by atoms with Gasteiger partial charge in [-0.05, 0) is 34.5 Å². The van der Waals surface area contributed by atoms with Crippen molar-refractivity contribution in [1.82, 2.24) is 14.6 Å². The molecular formula is C26H21ClN4O4. The quantitative estimate of drug-likeness (QED) is 0.450. The van der Waals surface area contributed by atoms with Crippen LogP contribution in [0.15, 0.2) is 81.4 Å². The van der Waals surface area contributed by atoms with Gasteiger partial charge in [-0.3, -0.25) is 14.6 Å². The number of rotatable bonds is 4. The number of amides is 1. The normalized spacial score (nSPS) is 15.4. The zero-order valence-corrected chi connectivity index (χ0v) is 19.5. The molecule has 9 heteroatoms. The Balaban J connectivity index is 1.67. The van der Waals surface area contributed by atoms with Gasteiger partial charge in [0.05, 0.1) is 17.4 Å². The number of nitrogens with one attached hydrogen (secondary N) is 1. The number of nitrogens with zero attached hydrogens (tertiary/aromatic N) is 3. The summed E-state index contributed by atoms with van der Waals surface area (Å²) in [5.41, 5.74) is -0.400. The van der Waals surface area contributed by atoms with E-state index in [1.807, 2.05) is 42.5 Å². The van der Waals surface area contributed by atoms with E-state index in [2.05, 4.69) is 10.1 Å². The van der Waals surface area contributed by atoms with Crippen LogP contribution in [0.1, 0.15) is 36.9 Å². The number of hydrazone groups is 1. The van der Waals surface area contributed by atoms with Gasteiger partial charge in [0.25, 0.3) is 5.56 Å². The molecule has 1 aromatic heterocycles. The lowest BCUT2D eigenvalue weighted by Gasteiger charge is -2.23. The monoisotopic (exact) mass is 488 g/mol. The Labute approximate surface area is 204 Å². The summed E-state index contributed by atoms with van der Waals surface area (Å²) in [5.74, 6) is -0.792. The minimum absolute atomic E-state index is 0.166. The Morgan fingerprint density at radius 2 is 1.86 bits per heavy atom. The highest BCUT2D eigenvalue weighted by atomic mass is 35.5. The van der Waals surface area contributed by atoms with Crippen LogP contribution < -0.4 is 11.2 Å². The molecular weight excluding hydrogens is 468 g/mol. The largest absolute Gasteiger partial charge is 0.493 e. The SMILES string of the molecule is CCC(=O)N1N=C(c2c(O)n(-c3cccc(Cl)c3)c(=O)[nH]c2=O)C[C@@H]1c1cccc2ccccc12. The molecule has 176 valence electrons. The van der Waals surface area contributed by atoms with Crippen LogP contribution in [-0.4, -0.2) is 31.3 Å². The molecule has 0 fully saturated rings. The number of halogens is 1. The molecule has 4 aromatic rings. The van der Waals surface area contributed by atoms with Gasteiger partial charge in [-0.1, -0.05) is 67.1 Å². The number of carbonyl (C=O) groups is 1. The van der Waals surface area contributed by atoms with E-state index in [1.54, 1.807) is 25.1 Å². The van der Waals surface area contributed by atoms with Gasteiger partial charge in [0.2, 0.25) is 11.8 Å². The van der Waals surface area contributed by atoms with Crippen LogP contribution in [0.4, 0.5) is 0 Å². The highest BCUT2D eigenvalue weighted by molar-refractivity contribution is 6.30. The Kier molecular flexibility index (Phi) is 5.74. The molecule has 2 N–H and O–H groups in total. The molecule has 0 radical (unpaired) electrons. The van der Waals surface area contributed by atoms with Gasteiger partial charge in [-0.15, -0.1) is 0 Å². The van der Waals surface area contributed by atoms with Crippen LogP contribution in [0, 0.1) is 0 Å². The Morgan fingerprint density at radius 1 is 1.11 bits per heavy atom. The summed E-state index contributed by atoms with van der Waals surface area (Å²) < 4.78 is 0.961. The molecule has 8 nitrogen and oxygen atoms in total. The maximum atomic E-state index is 12.9. The van der Waals surface area contributed by atoms with Crippen molar-refractivity contribution in [2.45, 2.75) is 25.8 Å². The summed E-state index contributed by atoms with van der Waals surface area (Å²) in [5, 5.41) is 19.3. The third-order valence-electron chi connectivity index (χ3n) is 6.09. The lowest BCUT2D eigenvalue weighted by Crippen LogP contribution is -2.33. The van der Waals surface area contributed by atoms with Crippen molar-refractivity contribution in [3.8, 4) is 11.6 Å². The summed E-state index contributed by atoms with van der Waals surface area (Å²) in [6.07, 6.45) is 0.395. The predicted molar refractivity (Wildman–Crippen MR) is 134 cm³/mol. The van der Waals surface area contributed by atoms with E-state index >= 15 is 0 Å². The molecule has 0 saturated carbocycles. The first kappa shape index (κ1) is 22.6. The van der Waals surface area contributed by atoms with Crippen molar-refractivity contribution < 1.29 is 9.90 Å². The molecule has 5 rings (SSSR count). The van der Waals surface area contributed by atoms with Crippen molar-refractivity contribution in [3.63, 3.8) is 0 Å². The van der Waals surface area contributed by atoms with Crippen molar-refractivity contribution in [2.24, 2.45) is 5.10 Å². The summed E-state index contributed by atoms with van der Waals surface area (Å²) in [4.78, 5) is 40.6. The minimum Gasteiger partial charge on any atom is -0.493 e. The molecule has 1 aliphatic heterocycles. The van der Waals surface area contributed by atoms with E-state index in [4.69, 9.17) is 11.6 Å². The van der Waals surface area contributed by atoms with Gasteiger partial charge in [0.1, 0.15) is 5.56 Å². The number of benzene rings is 3. The number of hydrogen-bond acceptors (Lipinski definition) is 5. The highest BCUT2D eigenvalue weighted by Crippen LogP contribution is 2.37. The maximum Gasteiger partial charge on any atom is 0.335 e. The van der Waals surface area contributed by atoms with E-state index in [9.17, 15) is 19.5 Å². The summed E-state index contributed by atoms with van der Waals surface area (Å²) in [6, 6.07) is 19.5. The Morgan fingerprint density at radius 3 is 2.63 bits per heavy atom. The van der Waals surface area contributed by atoms with Crippen LogP contribution in [0.5, 0.6) is 5.88 Å². The van der Waals surface area contributed by atoms with Crippen molar-refractivity contribution in [2.75, 3.05) is 0 Å². The summed E-state index contributed by atoms with van der Waals surface area (Å²) >= 11 is 6.07. The van der Waals surface area contributed by atoms with Crippen LogP contribution >= 0.6 is 11.6 Å². The van der Waals surface area contributed by atoms with Crippen LogP contribution in [0.2, 0.25) is 5.02 Å². The van der Waals surface area contributed by atoms with E-state index in [0.29, 0.717) is 5.02 Å². The second-order valence-corrected chi connectivity index (χ2v) is 8.64. The molecule has 1 atom stereocenters. The minimum atomic E-state index is -0.816. The zero-order chi connectivity index (χ0) is 24.7. The second-order valence-electron chi connectivity index (χ2n) is 8.20. The Hall–Kier alpha value is -4.17. The highest BCUT2D eigenvalue weighted by Gasteiger charge is 2.36. The van der Waals surface area contributed by atoms with Gasteiger partial charge in [0, 0.05) is 17.9 Å². The zero-order valence-electron chi connectivity index (χ0n) is 18.7. The van der Waals surface area contributed by atoms with E-state index < -0.39 is 23.2 Å². The fraction of sp³-hybridized carbons (Fsp3) is 0.154. The second kappa shape index (κ2) is 8.88. The molecule has 0 bridgehead atoms. The van der Waals surface area contributed by atoms with Crippen LogP contribution in [0.3, 0.4) is 0 Å². The number of fused-ring (bicyclic) bond motifs is 1. The lowest BCUT2D eigenvalue weighted by molar-refractivity contribution is -0.132. The Bertz CT molecular complexity index is 1620. The summed E-state index contributed by atoms with van der Waals surface area (Å²) in [7, 11) is 0. The molecule has 0 aliphatic carbocycles. The van der Waals surface area contributed by atoms with E-state index in [-0.39, 0.29) is 35.7 Å². The van der Waals surface area contributed by atoms with Gasteiger partial charge in [-0.2, -0.15) is 5.10 Å². The maximum absolute atomic E-state index is 12.9. The lowest BCUT2D eigenvalue weighted by atomic mass is 9.94. The van der Waals surface area contributed by atoms with Gasteiger partial charge in [0.15, 0.2) is 0 Å². The van der Waals surface area contributed by atoms with E-state index in [0.717, 1.165) is 20.9 Å². The third kappa shape index (κ3) is 3.91. The van der Waals surface area contributed by atoms with Crippen LogP contribution in [0.25, 0.3) is 16.5 Å². The molecule has 3 aromatic carbocycles. The van der Waals surface area contributed by atoms with Crippen molar-refractivity contribution in [3.05, 3.63) is 104 Å². The van der Waals surface area contributed by atoms with Crippen LogP contribution in [-0.2, 0) is 4.79 Å². The number of aromatic nitrogens is 2. The first-order valence-electron chi connectivity index (χ1n) is 11.1. The molecule has 1 amide bonds. The predicted octanol–water partition coefficient (Wildman–Crippen LogP) is 4.13. The third-order valence-corrected chi connectivity index (χ3v) is 6.33. The first-order valence-corrected chi connectivity index (χ1v) is 11.5. The fourth-order valence-electron chi connectivity index (χ4n) is 4.48. The number of hydrogen-bond donors (Lipinski definition) is 2. The average molecular weight is 489 g/mol. The number of H-pyrrole nitrogens is 1. The number of aromatic amines is 1. The number of aromatic hydroxyl groups is 1. The summed E-state index contributed by atoms with van der Waals surface area (Å²) in [6.45, 7) is 1.74. The van der Waals surface area contributed by atoms with Gasteiger partial charge >= 0.3 is 5.69 Å².